The second kappa shape index (κ2) is 10.9. The molecule has 1 N–H and O–H groups in total. The van der Waals surface area contributed by atoms with Gasteiger partial charge < -0.3 is 9.67 Å². The minimum absolute atomic E-state index is 0.00819. The van der Waals surface area contributed by atoms with Crippen LogP contribution in [-0.4, -0.2) is 26.4 Å². The molecule has 0 amide bonds. The molecule has 6 heteroatoms. The number of aliphatic carboxylic acids is 1. The summed E-state index contributed by atoms with van der Waals surface area (Å²) in [5.74, 6) is 0.876. The fourth-order valence-electron chi connectivity index (χ4n) is 5.45. The van der Waals surface area contributed by atoms with E-state index in [9.17, 15) is 14.7 Å². The first-order valence-corrected chi connectivity index (χ1v) is 13.5. The van der Waals surface area contributed by atoms with E-state index in [-0.39, 0.29) is 30.5 Å². The zero-order chi connectivity index (χ0) is 24.2. The highest BCUT2D eigenvalue weighted by atomic mass is 32.1. The van der Waals surface area contributed by atoms with Crippen LogP contribution in [0.5, 0.6) is 0 Å². The number of thiophene rings is 1. The molecule has 182 valence electrons. The van der Waals surface area contributed by atoms with Gasteiger partial charge in [0.25, 0.3) is 0 Å². The van der Waals surface area contributed by atoms with Crippen LogP contribution in [0.1, 0.15) is 92.8 Å². The minimum Gasteiger partial charge on any atom is -0.481 e. The van der Waals surface area contributed by atoms with E-state index >= 15 is 0 Å². The number of carbonyl (C=O) groups excluding carboxylic acids is 1. The smallest absolute Gasteiger partial charge is 0.303 e. The molecule has 4 rings (SSSR count). The van der Waals surface area contributed by atoms with Crippen molar-refractivity contribution in [3.8, 4) is 0 Å². The van der Waals surface area contributed by atoms with Gasteiger partial charge in [0.2, 0.25) is 0 Å². The Morgan fingerprint density at radius 1 is 1.21 bits per heavy atom. The van der Waals surface area contributed by atoms with E-state index in [0.717, 1.165) is 36.1 Å². The third-order valence-corrected chi connectivity index (χ3v) is 8.60. The number of carboxylic acids is 1. The number of carbonyl (C=O) groups is 2. The van der Waals surface area contributed by atoms with Crippen LogP contribution in [0.4, 0.5) is 0 Å². The van der Waals surface area contributed by atoms with Crippen molar-refractivity contribution in [2.75, 3.05) is 0 Å². The highest BCUT2D eigenvalue weighted by molar-refractivity contribution is 7.09. The monoisotopic (exact) mass is 480 g/mol. The maximum absolute atomic E-state index is 13.2. The summed E-state index contributed by atoms with van der Waals surface area (Å²) < 4.78 is 2.44. The number of aromatic nitrogens is 2. The molecule has 5 nitrogen and oxygen atoms in total. The fourth-order valence-corrected chi connectivity index (χ4v) is 6.16. The van der Waals surface area contributed by atoms with Crippen molar-refractivity contribution >= 4 is 34.1 Å². The van der Waals surface area contributed by atoms with Gasteiger partial charge in [-0.25, -0.2) is 4.98 Å². The van der Waals surface area contributed by atoms with E-state index in [1.807, 2.05) is 26.0 Å². The molecule has 1 fully saturated rings. The summed E-state index contributed by atoms with van der Waals surface area (Å²) in [5.41, 5.74) is 2.61. The molecule has 1 saturated carbocycles. The maximum Gasteiger partial charge on any atom is 0.303 e. The summed E-state index contributed by atoms with van der Waals surface area (Å²) in [5, 5.41) is 11.4. The highest BCUT2D eigenvalue weighted by Gasteiger charge is 2.28. The van der Waals surface area contributed by atoms with Crippen LogP contribution in [0.15, 0.2) is 35.7 Å². The number of ketones is 1. The van der Waals surface area contributed by atoms with Crippen molar-refractivity contribution in [2.24, 2.45) is 17.8 Å². The Balaban J connectivity index is 1.67. The molecular formula is C28H36N2O3S. The molecule has 2 aromatic heterocycles. The Kier molecular flexibility index (Phi) is 7.87. The van der Waals surface area contributed by atoms with E-state index in [4.69, 9.17) is 4.98 Å². The Morgan fingerprint density at radius 3 is 2.68 bits per heavy atom. The first kappa shape index (κ1) is 24.6. The molecule has 0 spiro atoms. The fraction of sp³-hybridized carbons (Fsp3) is 0.536. The first-order valence-electron chi connectivity index (χ1n) is 12.7. The number of nitrogens with zero attached hydrogens (tertiary/aromatic N) is 2. The number of hydrogen-bond donors (Lipinski definition) is 1. The van der Waals surface area contributed by atoms with Gasteiger partial charge in [-0.2, -0.15) is 0 Å². The van der Waals surface area contributed by atoms with Crippen LogP contribution in [-0.2, 0) is 11.2 Å². The van der Waals surface area contributed by atoms with E-state index in [1.165, 1.54) is 24.1 Å². The molecule has 1 aliphatic carbocycles. The molecule has 0 saturated heterocycles. The summed E-state index contributed by atoms with van der Waals surface area (Å²) >= 11 is 1.75. The predicted octanol–water partition coefficient (Wildman–Crippen LogP) is 7.15. The Bertz CT molecular complexity index is 1130. The summed E-state index contributed by atoms with van der Waals surface area (Å²) in [6.45, 7) is 6.43. The van der Waals surface area contributed by atoms with Gasteiger partial charge in [0.15, 0.2) is 5.78 Å². The minimum atomic E-state index is -0.841. The van der Waals surface area contributed by atoms with Crippen molar-refractivity contribution in [3.63, 3.8) is 0 Å². The summed E-state index contributed by atoms with van der Waals surface area (Å²) in [4.78, 5) is 30.9. The maximum atomic E-state index is 13.2. The zero-order valence-electron chi connectivity index (χ0n) is 20.5. The molecule has 2 heterocycles. The number of rotatable bonds is 10. The zero-order valence-corrected chi connectivity index (χ0v) is 21.3. The van der Waals surface area contributed by atoms with E-state index in [2.05, 4.69) is 35.1 Å². The Labute approximate surface area is 206 Å². The number of hydrogen-bond acceptors (Lipinski definition) is 4. The van der Waals surface area contributed by atoms with E-state index in [1.54, 1.807) is 11.3 Å². The second-order valence-electron chi connectivity index (χ2n) is 10.1. The lowest BCUT2D eigenvalue weighted by molar-refractivity contribution is -0.138. The molecule has 0 radical (unpaired) electrons. The van der Waals surface area contributed by atoms with Crippen LogP contribution in [0.3, 0.4) is 0 Å². The second-order valence-corrected chi connectivity index (χ2v) is 11.1. The van der Waals surface area contributed by atoms with Gasteiger partial charge in [-0.15, -0.1) is 11.3 Å². The van der Waals surface area contributed by atoms with Crippen molar-refractivity contribution in [1.82, 2.24) is 9.55 Å². The standard InChI is InChI=1S/C28H36N2O3S/c1-4-18(2)21(16-28(32)33)15-26(31)20-11-12-25-23(14-20)29-27(17-22-9-7-13-34-22)30(25)24-10-6-5-8-19(24)3/h7,9,11-14,18-19,21,24H,4-6,8,10,15-17H2,1-3H3,(H,32,33)/t18-,19+,21+,24+/m0/s1. The van der Waals surface area contributed by atoms with Gasteiger partial charge in [0.1, 0.15) is 5.82 Å². The molecule has 0 unspecified atom stereocenters. The lowest BCUT2D eigenvalue weighted by Gasteiger charge is -2.31. The van der Waals surface area contributed by atoms with Gasteiger partial charge in [0.05, 0.1) is 11.0 Å². The van der Waals surface area contributed by atoms with E-state index < -0.39 is 5.97 Å². The van der Waals surface area contributed by atoms with Crippen LogP contribution in [0.25, 0.3) is 11.0 Å². The van der Waals surface area contributed by atoms with Gasteiger partial charge in [-0.05, 0) is 60.2 Å². The van der Waals surface area contributed by atoms with Crippen molar-refractivity contribution in [2.45, 2.75) is 78.2 Å². The third kappa shape index (κ3) is 5.43. The van der Waals surface area contributed by atoms with Crippen molar-refractivity contribution < 1.29 is 14.7 Å². The molecule has 1 aliphatic rings. The lowest BCUT2D eigenvalue weighted by atomic mass is 9.84. The number of fused-ring (bicyclic) bond motifs is 1. The third-order valence-electron chi connectivity index (χ3n) is 7.73. The number of benzene rings is 1. The molecule has 0 bridgehead atoms. The molecular weight excluding hydrogens is 444 g/mol. The number of imidazole rings is 1. The SMILES string of the molecule is CC[C@H](C)[C@@H](CC(=O)O)CC(=O)c1ccc2c(c1)nc(Cc1cccs1)n2[C@@H]1CCCC[C@H]1C. The Hall–Kier alpha value is -2.47. The quantitative estimate of drug-likeness (QED) is 0.313. The van der Waals surface area contributed by atoms with E-state index in [0.29, 0.717) is 17.5 Å². The topological polar surface area (TPSA) is 72.2 Å². The molecule has 0 aliphatic heterocycles. The van der Waals surface area contributed by atoms with Gasteiger partial charge >= 0.3 is 5.97 Å². The summed E-state index contributed by atoms with van der Waals surface area (Å²) in [6.07, 6.45) is 6.88. The molecule has 34 heavy (non-hydrogen) atoms. The van der Waals surface area contributed by atoms with Gasteiger partial charge in [-0.1, -0.05) is 46.1 Å². The first-order chi connectivity index (χ1) is 16.4. The van der Waals surface area contributed by atoms with Crippen LogP contribution in [0, 0.1) is 17.8 Å². The Morgan fingerprint density at radius 2 is 2.00 bits per heavy atom. The number of Topliss-reactive ketones (excluding diaryl/α,β-unsaturated/α-hetero) is 1. The van der Waals surface area contributed by atoms with Crippen LogP contribution < -0.4 is 0 Å². The van der Waals surface area contributed by atoms with Crippen LogP contribution >= 0.6 is 11.3 Å². The molecule has 3 aromatic rings. The van der Waals surface area contributed by atoms with Gasteiger partial charge in [-0.3, -0.25) is 9.59 Å². The average Bonchev–Trinajstić information content (AvgIpc) is 3.45. The lowest BCUT2D eigenvalue weighted by Crippen LogP contribution is -2.23. The van der Waals surface area contributed by atoms with Crippen molar-refractivity contribution in [1.29, 1.82) is 0 Å². The van der Waals surface area contributed by atoms with Gasteiger partial charge in [0, 0.05) is 35.7 Å². The summed E-state index contributed by atoms with van der Waals surface area (Å²) in [7, 11) is 0. The van der Waals surface area contributed by atoms with Crippen molar-refractivity contribution in [3.05, 3.63) is 52.0 Å². The molecule has 1 aromatic carbocycles. The number of carboxylic acid groups (broad SMARTS) is 1. The average molecular weight is 481 g/mol. The van der Waals surface area contributed by atoms with Crippen LogP contribution in [0.2, 0.25) is 0 Å². The highest BCUT2D eigenvalue weighted by Crippen LogP contribution is 2.37. The normalized spacial score (nSPS) is 20.3. The predicted molar refractivity (Wildman–Crippen MR) is 138 cm³/mol. The summed E-state index contributed by atoms with van der Waals surface area (Å²) in [6, 6.07) is 10.6. The largest absolute Gasteiger partial charge is 0.481 e. The molecule has 4 atom stereocenters.